The van der Waals surface area contributed by atoms with E-state index in [1.54, 1.807) is 11.8 Å². The number of hydrogen-bond acceptors (Lipinski definition) is 8. The van der Waals surface area contributed by atoms with Gasteiger partial charge < -0.3 is 36.8 Å². The Labute approximate surface area is 189 Å². The third kappa shape index (κ3) is 7.35. The van der Waals surface area contributed by atoms with E-state index >= 15 is 0 Å². The molecule has 0 bridgehead atoms. The first-order chi connectivity index (χ1) is 15.5. The monoisotopic (exact) mass is 476 g/mol. The summed E-state index contributed by atoms with van der Waals surface area (Å²) in [5.41, 5.74) is 12.3. The molecular weight excluding hydrogens is 445 g/mol. The maximum absolute atomic E-state index is 12.6. The largest absolute Gasteiger partial charge is 0.428 e. The fraction of sp³-hybridized carbons (Fsp3) is 0.600. The standard InChI is InChI=1S/C20H31F3N6O4/c1-11(24)15(25)18(31)29-7-8-33-10-14(29)9-27-17(30)13-5-3-12(4-6-13)16(26-2)28-19(32)20(21,22)23/h3-6,11,14-16,19,26,28,32H,7-10,24-25H2,1-2H3,(H,27,30)/t11?,14-,15?,16?,19?/m1/s1. The molecule has 13 heteroatoms. The highest BCUT2D eigenvalue weighted by atomic mass is 19.4. The molecule has 0 aromatic heterocycles. The summed E-state index contributed by atoms with van der Waals surface area (Å²) in [4.78, 5) is 26.7. The number of carbonyl (C=O) groups excluding carboxylic acids is 2. The van der Waals surface area contributed by atoms with Crippen molar-refractivity contribution in [1.29, 1.82) is 0 Å². The van der Waals surface area contributed by atoms with E-state index in [0.29, 0.717) is 18.7 Å². The van der Waals surface area contributed by atoms with Gasteiger partial charge >= 0.3 is 6.18 Å². The van der Waals surface area contributed by atoms with E-state index in [1.165, 1.54) is 31.3 Å². The molecule has 33 heavy (non-hydrogen) atoms. The highest BCUT2D eigenvalue weighted by Crippen LogP contribution is 2.21. The van der Waals surface area contributed by atoms with E-state index in [2.05, 4.69) is 10.6 Å². The van der Waals surface area contributed by atoms with Gasteiger partial charge in [0.15, 0.2) is 0 Å². The van der Waals surface area contributed by atoms with Gasteiger partial charge in [0.05, 0.1) is 31.5 Å². The summed E-state index contributed by atoms with van der Waals surface area (Å²) in [7, 11) is 1.43. The van der Waals surface area contributed by atoms with Gasteiger partial charge in [0.1, 0.15) is 0 Å². The van der Waals surface area contributed by atoms with E-state index in [9.17, 15) is 27.9 Å². The molecule has 8 N–H and O–H groups in total. The summed E-state index contributed by atoms with van der Waals surface area (Å²) in [6.45, 7) is 2.68. The average Bonchev–Trinajstić information content (AvgIpc) is 2.79. The number of alkyl halides is 3. The zero-order valence-corrected chi connectivity index (χ0v) is 18.4. The Morgan fingerprint density at radius 3 is 2.45 bits per heavy atom. The van der Waals surface area contributed by atoms with Crippen molar-refractivity contribution in [2.75, 3.05) is 33.4 Å². The first-order valence-electron chi connectivity index (χ1n) is 10.4. The van der Waals surface area contributed by atoms with E-state index in [1.807, 2.05) is 5.32 Å². The molecule has 1 aliphatic rings. The molecule has 1 aromatic carbocycles. The van der Waals surface area contributed by atoms with Crippen LogP contribution in [0.25, 0.3) is 0 Å². The predicted octanol–water partition coefficient (Wildman–Crippen LogP) is -0.993. The number of morpholine rings is 1. The van der Waals surface area contributed by atoms with Crippen LogP contribution in [-0.4, -0.2) is 85.7 Å². The smallest absolute Gasteiger partial charge is 0.377 e. The molecule has 2 amide bonds. The number of halogens is 3. The molecule has 1 aliphatic heterocycles. The highest BCUT2D eigenvalue weighted by Gasteiger charge is 2.39. The lowest BCUT2D eigenvalue weighted by molar-refractivity contribution is -0.216. The topological polar surface area (TPSA) is 155 Å². The number of hydrogen-bond donors (Lipinski definition) is 6. The molecule has 0 radical (unpaired) electrons. The van der Waals surface area contributed by atoms with Crippen molar-refractivity contribution < 1.29 is 32.6 Å². The molecule has 4 unspecified atom stereocenters. The van der Waals surface area contributed by atoms with Gasteiger partial charge in [-0.2, -0.15) is 13.2 Å². The summed E-state index contributed by atoms with van der Waals surface area (Å²) >= 11 is 0. The zero-order chi connectivity index (χ0) is 24.8. The van der Waals surface area contributed by atoms with Crippen molar-refractivity contribution in [3.63, 3.8) is 0 Å². The predicted molar refractivity (Wildman–Crippen MR) is 114 cm³/mol. The van der Waals surface area contributed by atoms with E-state index < -0.39 is 42.6 Å². The number of nitrogens with one attached hydrogen (secondary N) is 3. The second kappa shape index (κ2) is 11.7. The molecule has 0 spiro atoms. The van der Waals surface area contributed by atoms with E-state index in [-0.39, 0.29) is 24.6 Å². The summed E-state index contributed by atoms with van der Waals surface area (Å²) in [5, 5.41) is 16.6. The third-order valence-electron chi connectivity index (χ3n) is 5.29. The van der Waals surface area contributed by atoms with Crippen LogP contribution in [0.5, 0.6) is 0 Å². The lowest BCUT2D eigenvalue weighted by atomic mass is 10.1. The maximum Gasteiger partial charge on any atom is 0.428 e. The maximum atomic E-state index is 12.6. The van der Waals surface area contributed by atoms with E-state index in [4.69, 9.17) is 16.2 Å². The van der Waals surface area contributed by atoms with Gasteiger partial charge in [-0.05, 0) is 31.7 Å². The molecule has 1 saturated heterocycles. The Morgan fingerprint density at radius 1 is 1.27 bits per heavy atom. The number of benzene rings is 1. The van der Waals surface area contributed by atoms with Crippen molar-refractivity contribution in [2.24, 2.45) is 11.5 Å². The van der Waals surface area contributed by atoms with Gasteiger partial charge in [0.2, 0.25) is 12.1 Å². The molecule has 2 rings (SSSR count). The van der Waals surface area contributed by atoms with Crippen LogP contribution in [0.2, 0.25) is 0 Å². The lowest BCUT2D eigenvalue weighted by Gasteiger charge is -2.37. The Hall–Kier alpha value is -2.29. The van der Waals surface area contributed by atoms with Crippen LogP contribution in [-0.2, 0) is 9.53 Å². The number of rotatable bonds is 9. The molecule has 1 fully saturated rings. The second-order valence-corrected chi connectivity index (χ2v) is 7.81. The first kappa shape index (κ1) is 27.0. The molecule has 0 aliphatic carbocycles. The van der Waals surface area contributed by atoms with Gasteiger partial charge in [0, 0.05) is 24.7 Å². The summed E-state index contributed by atoms with van der Waals surface area (Å²) < 4.78 is 43.2. The van der Waals surface area contributed by atoms with Gasteiger partial charge in [-0.15, -0.1) is 0 Å². The van der Waals surface area contributed by atoms with Crippen LogP contribution < -0.4 is 27.4 Å². The van der Waals surface area contributed by atoms with Gasteiger partial charge in [-0.1, -0.05) is 12.1 Å². The van der Waals surface area contributed by atoms with Crippen LogP contribution in [0.1, 0.15) is 29.0 Å². The molecule has 10 nitrogen and oxygen atoms in total. The van der Waals surface area contributed by atoms with E-state index in [0.717, 1.165) is 0 Å². The van der Waals surface area contributed by atoms with Crippen molar-refractivity contribution in [3.8, 4) is 0 Å². The Kier molecular flexibility index (Phi) is 9.57. The van der Waals surface area contributed by atoms with Crippen LogP contribution in [0, 0.1) is 0 Å². The highest BCUT2D eigenvalue weighted by molar-refractivity contribution is 5.94. The molecule has 1 aromatic rings. The lowest BCUT2D eigenvalue weighted by Crippen LogP contribution is -2.60. The van der Waals surface area contributed by atoms with Crippen LogP contribution in [0.4, 0.5) is 13.2 Å². The molecule has 5 atom stereocenters. The molecule has 186 valence electrons. The minimum Gasteiger partial charge on any atom is -0.377 e. The van der Waals surface area contributed by atoms with Gasteiger partial charge in [-0.25, -0.2) is 0 Å². The van der Waals surface area contributed by atoms with Crippen LogP contribution in [0.15, 0.2) is 24.3 Å². The van der Waals surface area contributed by atoms with Gasteiger partial charge in [-0.3, -0.25) is 14.9 Å². The van der Waals surface area contributed by atoms with Crippen LogP contribution in [0.3, 0.4) is 0 Å². The summed E-state index contributed by atoms with van der Waals surface area (Å²) in [5.74, 6) is -0.746. The fourth-order valence-electron chi connectivity index (χ4n) is 3.27. The zero-order valence-electron chi connectivity index (χ0n) is 18.4. The normalized spacial score (nSPS) is 20.6. The molecule has 0 saturated carbocycles. The number of amides is 2. The van der Waals surface area contributed by atoms with Gasteiger partial charge in [0.25, 0.3) is 5.91 Å². The third-order valence-corrected chi connectivity index (χ3v) is 5.29. The van der Waals surface area contributed by atoms with Crippen LogP contribution >= 0.6 is 0 Å². The first-order valence-corrected chi connectivity index (χ1v) is 10.4. The number of aliphatic hydroxyl groups is 1. The minimum absolute atomic E-state index is 0.121. The summed E-state index contributed by atoms with van der Waals surface area (Å²) in [6.07, 6.45) is -8.53. The number of carbonyl (C=O) groups is 2. The SMILES string of the molecule is CNC(NC(O)C(F)(F)F)c1ccc(C(=O)NC[C@@H]2COCCN2C(=O)C(N)C(C)N)cc1. The Morgan fingerprint density at radius 2 is 1.91 bits per heavy atom. The number of ether oxygens (including phenoxy) is 1. The fourth-order valence-corrected chi connectivity index (χ4v) is 3.27. The summed E-state index contributed by atoms with van der Waals surface area (Å²) in [6, 6.07) is 4.02. The minimum atomic E-state index is -4.82. The second-order valence-electron chi connectivity index (χ2n) is 7.81. The van der Waals surface area contributed by atoms with Crippen molar-refractivity contribution in [2.45, 2.75) is 43.6 Å². The number of nitrogens with zero attached hydrogens (tertiary/aromatic N) is 1. The molecular formula is C20H31F3N6O4. The average molecular weight is 477 g/mol. The Balaban J connectivity index is 1.99. The molecule has 1 heterocycles. The number of aliphatic hydroxyl groups excluding tert-OH is 1. The van der Waals surface area contributed by atoms with Crippen molar-refractivity contribution >= 4 is 11.8 Å². The van der Waals surface area contributed by atoms with Crippen molar-refractivity contribution in [3.05, 3.63) is 35.4 Å². The Bertz CT molecular complexity index is 793. The van der Waals surface area contributed by atoms with Crippen molar-refractivity contribution in [1.82, 2.24) is 20.9 Å². The number of nitrogens with two attached hydrogens (primary N) is 2. The quantitative estimate of drug-likeness (QED) is 0.248.